The molecule has 1 atom stereocenters. The fraction of sp³-hybridized carbons (Fsp3) is 0.652. The van der Waals surface area contributed by atoms with E-state index in [0.717, 1.165) is 38.8 Å². The second kappa shape index (κ2) is 8.07. The first-order valence-electron chi connectivity index (χ1n) is 11.1. The average molecular weight is 399 g/mol. The molecule has 0 radical (unpaired) electrons. The molecule has 1 aromatic carbocycles. The molecule has 6 heteroatoms. The molecule has 0 bridgehead atoms. The van der Waals surface area contributed by atoms with Gasteiger partial charge in [0.05, 0.1) is 0 Å². The molecule has 6 nitrogen and oxygen atoms in total. The fourth-order valence-corrected chi connectivity index (χ4v) is 5.45. The summed E-state index contributed by atoms with van der Waals surface area (Å²) < 4.78 is 0. The smallest absolute Gasteiger partial charge is 0.310 e. The van der Waals surface area contributed by atoms with Crippen LogP contribution in [0.5, 0.6) is 0 Å². The number of aryl methyl sites for hydroxylation is 1. The molecule has 2 fully saturated rings. The van der Waals surface area contributed by atoms with Crippen LogP contribution in [0, 0.1) is 0 Å². The average Bonchev–Trinajstić information content (AvgIpc) is 2.92. The Hall–Kier alpha value is -1.92. The lowest BCUT2D eigenvalue weighted by Crippen LogP contribution is -2.58. The van der Waals surface area contributed by atoms with Gasteiger partial charge < -0.3 is 9.80 Å². The maximum Gasteiger partial charge on any atom is 0.327 e. The van der Waals surface area contributed by atoms with Crippen LogP contribution >= 0.6 is 0 Å². The Morgan fingerprint density at radius 2 is 1.79 bits per heavy atom. The zero-order valence-corrected chi connectivity index (χ0v) is 18.1. The number of imide groups is 1. The number of piperidine rings is 1. The predicted octanol–water partition coefficient (Wildman–Crippen LogP) is 2.22. The summed E-state index contributed by atoms with van der Waals surface area (Å²) in [5.41, 5.74) is 2.34. The number of hydrogen-bond acceptors (Lipinski definition) is 4. The molecule has 1 spiro atoms. The summed E-state index contributed by atoms with van der Waals surface area (Å²) in [6.45, 7) is 5.56. The minimum absolute atomic E-state index is 0.0276. The van der Waals surface area contributed by atoms with Crippen molar-refractivity contribution in [2.45, 2.75) is 50.6 Å². The number of urea groups is 1. The summed E-state index contributed by atoms with van der Waals surface area (Å²) >= 11 is 0. The first kappa shape index (κ1) is 20.4. The third-order valence-corrected chi connectivity index (χ3v) is 7.17. The highest BCUT2D eigenvalue weighted by atomic mass is 16.2. The van der Waals surface area contributed by atoms with E-state index in [1.54, 1.807) is 0 Å². The molecule has 0 N–H and O–H groups in total. The van der Waals surface area contributed by atoms with Crippen molar-refractivity contribution in [2.75, 3.05) is 46.8 Å². The summed E-state index contributed by atoms with van der Waals surface area (Å²) in [6.07, 6.45) is 4.93. The molecule has 29 heavy (non-hydrogen) atoms. The number of amides is 3. The number of carbonyl (C=O) groups excluding carboxylic acids is 2. The molecular formula is C23H34N4O2. The molecule has 158 valence electrons. The maximum atomic E-state index is 13.3. The lowest BCUT2D eigenvalue weighted by molar-refractivity contribution is -0.136. The molecule has 2 aliphatic heterocycles. The number of likely N-dealkylation sites (tertiary alicyclic amines) is 1. The van der Waals surface area contributed by atoms with Crippen molar-refractivity contribution in [1.82, 2.24) is 19.6 Å². The Kier molecular flexibility index (Phi) is 5.67. The monoisotopic (exact) mass is 398 g/mol. The van der Waals surface area contributed by atoms with E-state index in [0.29, 0.717) is 25.7 Å². The topological polar surface area (TPSA) is 47.1 Å². The molecule has 3 aliphatic rings. The van der Waals surface area contributed by atoms with E-state index in [9.17, 15) is 9.59 Å². The van der Waals surface area contributed by atoms with Gasteiger partial charge in [-0.1, -0.05) is 24.3 Å². The van der Waals surface area contributed by atoms with Crippen molar-refractivity contribution in [2.24, 2.45) is 0 Å². The highest BCUT2D eigenvalue weighted by molar-refractivity contribution is 6.07. The van der Waals surface area contributed by atoms with Crippen LogP contribution in [0.4, 0.5) is 4.79 Å². The number of likely N-dealkylation sites (N-methyl/N-ethyl adjacent to an activating group) is 2. The third-order valence-electron chi connectivity index (χ3n) is 7.17. The molecule has 0 saturated carbocycles. The van der Waals surface area contributed by atoms with E-state index >= 15 is 0 Å². The molecule has 0 aromatic heterocycles. The van der Waals surface area contributed by atoms with Crippen molar-refractivity contribution >= 4 is 11.9 Å². The van der Waals surface area contributed by atoms with E-state index in [1.165, 1.54) is 22.4 Å². The van der Waals surface area contributed by atoms with E-state index in [-0.39, 0.29) is 11.9 Å². The summed E-state index contributed by atoms with van der Waals surface area (Å²) in [5.74, 6) is 0.0276. The molecule has 2 saturated heterocycles. The van der Waals surface area contributed by atoms with Gasteiger partial charge in [0.15, 0.2) is 0 Å². The standard InChI is InChI=1S/C23H34N4O2/c1-4-27-22(29)26(16-15-24(2)3)21(28)23(27)11-13-25(14-12-23)20-10-9-18-7-5-6-8-19(18)17-20/h5-8,20H,4,9-17H2,1-3H3. The molecule has 1 aromatic rings. The Labute approximate surface area is 174 Å². The number of hydrogen-bond donors (Lipinski definition) is 0. The lowest BCUT2D eigenvalue weighted by Gasteiger charge is -2.45. The normalized spacial score (nSPS) is 24.6. The van der Waals surface area contributed by atoms with Gasteiger partial charge in [0.2, 0.25) is 0 Å². The van der Waals surface area contributed by atoms with Gasteiger partial charge in [-0.3, -0.25) is 14.6 Å². The van der Waals surface area contributed by atoms with Crippen molar-refractivity contribution in [3.05, 3.63) is 35.4 Å². The first-order valence-corrected chi connectivity index (χ1v) is 11.1. The van der Waals surface area contributed by atoms with Crippen molar-refractivity contribution in [3.63, 3.8) is 0 Å². The lowest BCUT2D eigenvalue weighted by atomic mass is 9.82. The summed E-state index contributed by atoms with van der Waals surface area (Å²) in [7, 11) is 3.94. The predicted molar refractivity (Wildman–Crippen MR) is 114 cm³/mol. The van der Waals surface area contributed by atoms with E-state index < -0.39 is 5.54 Å². The SMILES string of the molecule is CCN1C(=O)N(CCN(C)C)C(=O)C12CCN(C1CCc3ccccc3C1)CC2. The zero-order valence-electron chi connectivity index (χ0n) is 18.1. The molecular weight excluding hydrogens is 364 g/mol. The number of benzene rings is 1. The van der Waals surface area contributed by atoms with Gasteiger partial charge in [-0.05, 0) is 64.3 Å². The van der Waals surface area contributed by atoms with Crippen molar-refractivity contribution in [3.8, 4) is 0 Å². The highest BCUT2D eigenvalue weighted by Crippen LogP contribution is 2.38. The van der Waals surface area contributed by atoms with Crippen LogP contribution in [0.1, 0.15) is 37.3 Å². The van der Waals surface area contributed by atoms with Crippen LogP contribution in [0.25, 0.3) is 0 Å². The van der Waals surface area contributed by atoms with Crippen LogP contribution in [-0.2, 0) is 17.6 Å². The van der Waals surface area contributed by atoms with Crippen molar-refractivity contribution < 1.29 is 9.59 Å². The first-order chi connectivity index (χ1) is 14.0. The molecule has 3 amide bonds. The Morgan fingerprint density at radius 3 is 2.45 bits per heavy atom. The Bertz CT molecular complexity index is 770. The van der Waals surface area contributed by atoms with Gasteiger partial charge in [-0.15, -0.1) is 0 Å². The van der Waals surface area contributed by atoms with E-state index in [2.05, 4.69) is 29.2 Å². The Morgan fingerprint density at radius 1 is 1.10 bits per heavy atom. The Balaban J connectivity index is 1.44. The minimum atomic E-state index is -0.624. The number of carbonyl (C=O) groups is 2. The zero-order chi connectivity index (χ0) is 20.6. The van der Waals surface area contributed by atoms with Gasteiger partial charge in [0, 0.05) is 38.8 Å². The largest absolute Gasteiger partial charge is 0.327 e. The van der Waals surface area contributed by atoms with Crippen LogP contribution in [0.2, 0.25) is 0 Å². The maximum absolute atomic E-state index is 13.3. The van der Waals surface area contributed by atoms with Crippen LogP contribution in [0.3, 0.4) is 0 Å². The van der Waals surface area contributed by atoms with Gasteiger partial charge in [-0.2, -0.15) is 0 Å². The van der Waals surface area contributed by atoms with Gasteiger partial charge in [0.1, 0.15) is 5.54 Å². The van der Waals surface area contributed by atoms with Gasteiger partial charge >= 0.3 is 6.03 Å². The van der Waals surface area contributed by atoms with Gasteiger partial charge in [0.25, 0.3) is 5.91 Å². The summed E-state index contributed by atoms with van der Waals surface area (Å²) in [6, 6.07) is 9.23. The number of rotatable bonds is 5. The molecule has 1 aliphatic carbocycles. The van der Waals surface area contributed by atoms with Crippen molar-refractivity contribution in [1.29, 1.82) is 0 Å². The van der Waals surface area contributed by atoms with Gasteiger partial charge in [-0.25, -0.2) is 4.79 Å². The number of nitrogens with zero attached hydrogens (tertiary/aromatic N) is 4. The fourth-order valence-electron chi connectivity index (χ4n) is 5.45. The van der Waals surface area contributed by atoms with Crippen LogP contribution < -0.4 is 0 Å². The third kappa shape index (κ3) is 3.57. The second-order valence-corrected chi connectivity index (χ2v) is 9.02. The van der Waals surface area contributed by atoms with Crippen LogP contribution in [-0.4, -0.2) is 89.9 Å². The highest BCUT2D eigenvalue weighted by Gasteiger charge is 2.57. The second-order valence-electron chi connectivity index (χ2n) is 9.02. The molecule has 2 heterocycles. The quantitative estimate of drug-likeness (QED) is 0.714. The van der Waals surface area contributed by atoms with Crippen LogP contribution in [0.15, 0.2) is 24.3 Å². The summed E-state index contributed by atoms with van der Waals surface area (Å²) in [4.78, 5) is 34.2. The van der Waals surface area contributed by atoms with E-state index in [1.807, 2.05) is 30.8 Å². The number of fused-ring (bicyclic) bond motifs is 1. The molecule has 4 rings (SSSR count). The molecule has 1 unspecified atom stereocenters. The minimum Gasteiger partial charge on any atom is -0.310 e. The van der Waals surface area contributed by atoms with E-state index in [4.69, 9.17) is 0 Å². The summed E-state index contributed by atoms with van der Waals surface area (Å²) in [5, 5.41) is 0.